The van der Waals surface area contributed by atoms with Crippen molar-refractivity contribution in [3.63, 3.8) is 0 Å². The van der Waals surface area contributed by atoms with Gasteiger partial charge in [-0.1, -0.05) is 51.9 Å². The van der Waals surface area contributed by atoms with Crippen LogP contribution in [0.1, 0.15) is 58.8 Å². The Morgan fingerprint density at radius 2 is 1.46 bits per heavy atom. The summed E-state index contributed by atoms with van der Waals surface area (Å²) >= 11 is 0. The molecule has 1 rings (SSSR count). The first-order chi connectivity index (χ1) is 6.22. The summed E-state index contributed by atoms with van der Waals surface area (Å²) in [5.41, 5.74) is 1.85. The van der Waals surface area contributed by atoms with E-state index in [1.54, 1.807) is 0 Å². The first-order valence-corrected chi connectivity index (χ1v) is 5.01. The van der Waals surface area contributed by atoms with Crippen molar-refractivity contribution in [2.75, 3.05) is 0 Å². The van der Waals surface area contributed by atoms with Gasteiger partial charge in [-0.05, 0) is 6.92 Å². The molecule has 0 unspecified atom stereocenters. The molecule has 1 aromatic heterocycles. The average molecular weight is 186 g/mol. The van der Waals surface area contributed by atoms with E-state index in [1.807, 2.05) is 34.6 Å². The molecule has 0 aliphatic heterocycles. The predicted octanol–water partition coefficient (Wildman–Crippen LogP) is 3.55. The zero-order valence-corrected chi connectivity index (χ0v) is 9.88. The van der Waals surface area contributed by atoms with Gasteiger partial charge >= 0.3 is 0 Å². The lowest BCUT2D eigenvalue weighted by atomic mass is 10.1. The normalized spacial score (nSPS) is 8.31. The summed E-state index contributed by atoms with van der Waals surface area (Å²) in [7, 11) is 0. The standard InChI is InChI=1S/C6H10N2O.2C2H6/c1-4(2)6-5(3)7-9-8-6;2*1-2/h4H,1-3H3;2*1-2H3. The lowest BCUT2D eigenvalue weighted by Crippen LogP contribution is -1.89. The van der Waals surface area contributed by atoms with Crippen molar-refractivity contribution in [2.24, 2.45) is 0 Å². The summed E-state index contributed by atoms with van der Waals surface area (Å²) in [5.74, 6) is 0.413. The number of aryl methyl sites for hydroxylation is 1. The van der Waals surface area contributed by atoms with Gasteiger partial charge in [0.1, 0.15) is 11.4 Å². The van der Waals surface area contributed by atoms with Crippen molar-refractivity contribution in [1.29, 1.82) is 0 Å². The molecule has 0 N–H and O–H groups in total. The van der Waals surface area contributed by atoms with Gasteiger partial charge < -0.3 is 0 Å². The minimum absolute atomic E-state index is 0.413. The van der Waals surface area contributed by atoms with Crippen molar-refractivity contribution in [3.8, 4) is 0 Å². The van der Waals surface area contributed by atoms with Gasteiger partial charge in [0.15, 0.2) is 0 Å². The number of rotatable bonds is 1. The summed E-state index contributed by atoms with van der Waals surface area (Å²) in [6, 6.07) is 0. The molecule has 0 atom stereocenters. The SMILES string of the molecule is CC.CC.Cc1nonc1C(C)C. The molecular formula is C10H22N2O. The average Bonchev–Trinajstić information content (AvgIpc) is 2.58. The second-order valence-electron chi connectivity index (χ2n) is 2.39. The Labute approximate surface area is 81.5 Å². The van der Waals surface area contributed by atoms with E-state index in [0.29, 0.717) is 5.92 Å². The highest BCUT2D eigenvalue weighted by molar-refractivity contribution is 5.08. The monoisotopic (exact) mass is 186 g/mol. The third-order valence-corrected chi connectivity index (χ3v) is 1.23. The first-order valence-electron chi connectivity index (χ1n) is 5.01. The molecule has 0 spiro atoms. The fraction of sp³-hybridized carbons (Fsp3) is 0.800. The lowest BCUT2D eigenvalue weighted by molar-refractivity contribution is 0.300. The van der Waals surface area contributed by atoms with E-state index in [1.165, 1.54) is 0 Å². The van der Waals surface area contributed by atoms with Gasteiger partial charge in [0.05, 0.1) is 0 Å². The molecule has 0 saturated carbocycles. The molecule has 0 fully saturated rings. The van der Waals surface area contributed by atoms with Crippen LogP contribution in [0.25, 0.3) is 0 Å². The Morgan fingerprint density at radius 1 is 1.00 bits per heavy atom. The Balaban J connectivity index is 0. The van der Waals surface area contributed by atoms with Gasteiger partial charge in [-0.2, -0.15) is 0 Å². The van der Waals surface area contributed by atoms with Gasteiger partial charge in [-0.15, -0.1) is 0 Å². The zero-order valence-electron chi connectivity index (χ0n) is 9.88. The second kappa shape index (κ2) is 9.23. The topological polar surface area (TPSA) is 38.9 Å². The molecule has 1 heterocycles. The fourth-order valence-corrected chi connectivity index (χ4v) is 0.762. The van der Waals surface area contributed by atoms with Crippen LogP contribution in [0, 0.1) is 6.92 Å². The van der Waals surface area contributed by atoms with Crippen molar-refractivity contribution in [3.05, 3.63) is 11.4 Å². The van der Waals surface area contributed by atoms with Gasteiger partial charge in [-0.3, -0.25) is 0 Å². The summed E-state index contributed by atoms with van der Waals surface area (Å²) in [5, 5.41) is 7.38. The van der Waals surface area contributed by atoms with Crippen molar-refractivity contribution in [2.45, 2.75) is 54.4 Å². The van der Waals surface area contributed by atoms with Crippen LogP contribution in [-0.4, -0.2) is 10.3 Å². The van der Waals surface area contributed by atoms with Crippen LogP contribution in [-0.2, 0) is 0 Å². The molecule has 0 bridgehead atoms. The van der Waals surface area contributed by atoms with Crippen LogP contribution >= 0.6 is 0 Å². The van der Waals surface area contributed by atoms with Gasteiger partial charge in [-0.25, -0.2) is 4.63 Å². The summed E-state index contributed by atoms with van der Waals surface area (Å²) in [6.45, 7) is 14.0. The van der Waals surface area contributed by atoms with Crippen molar-refractivity contribution in [1.82, 2.24) is 10.3 Å². The first kappa shape index (κ1) is 14.7. The minimum atomic E-state index is 0.413. The molecule has 78 valence electrons. The maximum absolute atomic E-state index is 4.51. The van der Waals surface area contributed by atoms with E-state index < -0.39 is 0 Å². The fourth-order valence-electron chi connectivity index (χ4n) is 0.762. The number of hydrogen-bond acceptors (Lipinski definition) is 3. The van der Waals surface area contributed by atoms with Crippen molar-refractivity contribution < 1.29 is 4.63 Å². The molecule has 0 aliphatic rings. The molecule has 0 radical (unpaired) electrons. The quantitative estimate of drug-likeness (QED) is 0.673. The van der Waals surface area contributed by atoms with Crippen LogP contribution in [0.4, 0.5) is 0 Å². The molecule has 1 aromatic rings. The molecule has 3 heteroatoms. The maximum atomic E-state index is 4.51. The van der Waals surface area contributed by atoms with Crippen LogP contribution < -0.4 is 0 Å². The third kappa shape index (κ3) is 5.39. The molecule has 13 heavy (non-hydrogen) atoms. The Morgan fingerprint density at radius 3 is 1.62 bits per heavy atom. The van der Waals surface area contributed by atoms with E-state index in [9.17, 15) is 0 Å². The second-order valence-corrected chi connectivity index (χ2v) is 2.39. The molecule has 0 aliphatic carbocycles. The largest absolute Gasteiger partial charge is 0.244 e. The minimum Gasteiger partial charge on any atom is -0.244 e. The molecule has 0 amide bonds. The lowest BCUT2D eigenvalue weighted by Gasteiger charge is -1.94. The Kier molecular flexibility index (Phi) is 10.4. The van der Waals surface area contributed by atoms with E-state index >= 15 is 0 Å². The van der Waals surface area contributed by atoms with Gasteiger partial charge in [0.25, 0.3) is 0 Å². The van der Waals surface area contributed by atoms with Gasteiger partial charge in [0.2, 0.25) is 0 Å². The van der Waals surface area contributed by atoms with Crippen LogP contribution in [0.15, 0.2) is 4.63 Å². The summed E-state index contributed by atoms with van der Waals surface area (Å²) in [6.07, 6.45) is 0. The summed E-state index contributed by atoms with van der Waals surface area (Å²) in [4.78, 5) is 0. The zero-order chi connectivity index (χ0) is 10.9. The van der Waals surface area contributed by atoms with E-state index in [4.69, 9.17) is 0 Å². The third-order valence-electron chi connectivity index (χ3n) is 1.23. The molecule has 0 aromatic carbocycles. The van der Waals surface area contributed by atoms with Crippen molar-refractivity contribution >= 4 is 0 Å². The Bertz CT molecular complexity index is 195. The van der Waals surface area contributed by atoms with E-state index in [-0.39, 0.29) is 0 Å². The number of nitrogens with zero attached hydrogens (tertiary/aromatic N) is 2. The van der Waals surface area contributed by atoms with E-state index in [0.717, 1.165) is 11.4 Å². The van der Waals surface area contributed by atoms with Gasteiger partial charge in [0, 0.05) is 5.92 Å². The molecular weight excluding hydrogens is 164 g/mol. The highest BCUT2D eigenvalue weighted by Gasteiger charge is 2.07. The predicted molar refractivity (Wildman–Crippen MR) is 55.8 cm³/mol. The number of hydrogen-bond donors (Lipinski definition) is 0. The molecule has 3 nitrogen and oxygen atoms in total. The van der Waals surface area contributed by atoms with Crippen LogP contribution in [0.2, 0.25) is 0 Å². The summed E-state index contributed by atoms with van der Waals surface area (Å²) < 4.78 is 4.51. The highest BCUT2D eigenvalue weighted by atomic mass is 16.6. The number of aromatic nitrogens is 2. The maximum Gasteiger partial charge on any atom is 0.110 e. The molecule has 0 saturated heterocycles. The smallest absolute Gasteiger partial charge is 0.110 e. The Hall–Kier alpha value is -0.860. The van der Waals surface area contributed by atoms with Crippen LogP contribution in [0.5, 0.6) is 0 Å². The van der Waals surface area contributed by atoms with E-state index in [2.05, 4.69) is 28.8 Å². The highest BCUT2D eigenvalue weighted by Crippen LogP contribution is 2.12. The van der Waals surface area contributed by atoms with Crippen LogP contribution in [0.3, 0.4) is 0 Å².